The van der Waals surface area contributed by atoms with E-state index in [4.69, 9.17) is 0 Å². The highest BCUT2D eigenvalue weighted by molar-refractivity contribution is 14.0. The van der Waals surface area contributed by atoms with E-state index in [9.17, 15) is 0 Å². The van der Waals surface area contributed by atoms with E-state index in [0.717, 1.165) is 35.8 Å². The van der Waals surface area contributed by atoms with Gasteiger partial charge in [-0.1, -0.05) is 19.3 Å². The Morgan fingerprint density at radius 2 is 1.96 bits per heavy atom. The normalized spacial score (nSPS) is 22.7. The van der Waals surface area contributed by atoms with Gasteiger partial charge in [0.25, 0.3) is 0 Å². The van der Waals surface area contributed by atoms with E-state index in [1.165, 1.54) is 56.4 Å². The highest BCUT2D eigenvalue weighted by Gasteiger charge is 2.27. The molecule has 1 atom stereocenters. The number of nitrogens with one attached hydrogen (secondary N) is 2. The summed E-state index contributed by atoms with van der Waals surface area (Å²) in [5, 5.41) is 8.26. The smallest absolute Gasteiger partial charge is 0.191 e. The number of halogens is 1. The van der Waals surface area contributed by atoms with Gasteiger partial charge in [0.2, 0.25) is 0 Å². The number of rotatable bonds is 4. The summed E-state index contributed by atoms with van der Waals surface area (Å²) in [6, 6.07) is 1.32. The molecule has 1 aliphatic carbocycles. The standard InChI is InChI=1S/C19H33N5S.HI/c1-14-18(25-15(2)22-14)12-21-19(20-3)23-16-8-7-11-24(13-16)17-9-5-4-6-10-17;/h16-17H,4-13H2,1-3H3,(H2,20,21,23);1H. The molecule has 1 aliphatic heterocycles. The molecule has 148 valence electrons. The number of aromatic nitrogens is 1. The average Bonchev–Trinajstić information content (AvgIpc) is 2.97. The van der Waals surface area contributed by atoms with Crippen LogP contribution in [0, 0.1) is 13.8 Å². The Morgan fingerprint density at radius 1 is 1.19 bits per heavy atom. The molecule has 2 aliphatic rings. The van der Waals surface area contributed by atoms with Crippen molar-refractivity contribution in [1.29, 1.82) is 0 Å². The monoisotopic (exact) mass is 491 g/mol. The molecule has 1 saturated carbocycles. The molecule has 1 unspecified atom stereocenters. The second-order valence-corrected chi connectivity index (χ2v) is 8.73. The Bertz CT molecular complexity index is 582. The molecule has 1 aromatic rings. The molecule has 2 heterocycles. The minimum absolute atomic E-state index is 0. The van der Waals surface area contributed by atoms with Crippen molar-refractivity contribution >= 4 is 41.3 Å². The van der Waals surface area contributed by atoms with E-state index in [-0.39, 0.29) is 24.0 Å². The van der Waals surface area contributed by atoms with Gasteiger partial charge in [0, 0.05) is 30.6 Å². The summed E-state index contributed by atoms with van der Waals surface area (Å²) >= 11 is 1.77. The zero-order valence-corrected chi connectivity index (χ0v) is 19.5. The number of guanidine groups is 1. The molecule has 0 aromatic carbocycles. The molecule has 0 radical (unpaired) electrons. The summed E-state index contributed by atoms with van der Waals surface area (Å²) in [6.45, 7) is 7.38. The summed E-state index contributed by atoms with van der Waals surface area (Å²) in [5.41, 5.74) is 1.13. The molecule has 0 spiro atoms. The summed E-state index contributed by atoms with van der Waals surface area (Å²) in [5.74, 6) is 0.918. The molecule has 2 fully saturated rings. The van der Waals surface area contributed by atoms with Crippen molar-refractivity contribution in [2.24, 2.45) is 4.99 Å². The predicted molar refractivity (Wildman–Crippen MR) is 122 cm³/mol. The lowest BCUT2D eigenvalue weighted by Crippen LogP contribution is -2.53. The third-order valence-electron chi connectivity index (χ3n) is 5.52. The summed E-state index contributed by atoms with van der Waals surface area (Å²) in [7, 11) is 1.86. The van der Waals surface area contributed by atoms with Crippen LogP contribution in [-0.2, 0) is 6.54 Å². The topological polar surface area (TPSA) is 52.6 Å². The van der Waals surface area contributed by atoms with Crippen molar-refractivity contribution in [3.8, 4) is 0 Å². The maximum atomic E-state index is 4.50. The molecule has 1 saturated heterocycles. The van der Waals surface area contributed by atoms with E-state index in [2.05, 4.69) is 39.4 Å². The molecule has 3 rings (SSSR count). The Morgan fingerprint density at radius 3 is 2.62 bits per heavy atom. The summed E-state index contributed by atoms with van der Waals surface area (Å²) in [4.78, 5) is 13.0. The quantitative estimate of drug-likeness (QED) is 0.382. The van der Waals surface area contributed by atoms with Crippen molar-refractivity contribution in [1.82, 2.24) is 20.5 Å². The van der Waals surface area contributed by atoms with Crippen molar-refractivity contribution in [2.45, 2.75) is 77.4 Å². The van der Waals surface area contributed by atoms with Crippen LogP contribution in [0.1, 0.15) is 60.5 Å². The zero-order chi connectivity index (χ0) is 17.6. The van der Waals surface area contributed by atoms with Crippen molar-refractivity contribution in [2.75, 3.05) is 20.1 Å². The Hall–Kier alpha value is -0.410. The van der Waals surface area contributed by atoms with Gasteiger partial charge >= 0.3 is 0 Å². The maximum absolute atomic E-state index is 4.50. The highest BCUT2D eigenvalue weighted by atomic mass is 127. The minimum Gasteiger partial charge on any atom is -0.352 e. The Balaban J connectivity index is 0.00000243. The van der Waals surface area contributed by atoms with Gasteiger partial charge < -0.3 is 10.6 Å². The van der Waals surface area contributed by atoms with Crippen LogP contribution in [0.5, 0.6) is 0 Å². The van der Waals surface area contributed by atoms with E-state index in [1.54, 1.807) is 11.3 Å². The second kappa shape index (κ2) is 10.8. The molecule has 1 aromatic heterocycles. The van der Waals surface area contributed by atoms with Crippen molar-refractivity contribution in [3.05, 3.63) is 15.6 Å². The fraction of sp³-hybridized carbons (Fsp3) is 0.789. The van der Waals surface area contributed by atoms with Crippen LogP contribution in [0.2, 0.25) is 0 Å². The number of hydrogen-bond donors (Lipinski definition) is 2. The molecular formula is C19H34IN5S. The van der Waals surface area contributed by atoms with Crippen molar-refractivity contribution < 1.29 is 0 Å². The van der Waals surface area contributed by atoms with Crippen LogP contribution < -0.4 is 10.6 Å². The number of likely N-dealkylation sites (tertiary alicyclic amines) is 1. The third-order valence-corrected chi connectivity index (χ3v) is 6.60. The average molecular weight is 491 g/mol. The predicted octanol–water partition coefficient (Wildman–Crippen LogP) is 3.84. The lowest BCUT2D eigenvalue weighted by Gasteiger charge is -2.40. The lowest BCUT2D eigenvalue weighted by molar-refractivity contribution is 0.115. The number of piperidine rings is 1. The molecular weight excluding hydrogens is 457 g/mol. The van der Waals surface area contributed by atoms with Gasteiger partial charge in [0.05, 0.1) is 17.2 Å². The Kier molecular flexibility index (Phi) is 9.09. The first kappa shape index (κ1) is 21.9. The van der Waals surface area contributed by atoms with Gasteiger partial charge in [0.1, 0.15) is 0 Å². The van der Waals surface area contributed by atoms with Crippen LogP contribution in [0.3, 0.4) is 0 Å². The largest absolute Gasteiger partial charge is 0.352 e. The van der Waals surface area contributed by atoms with Gasteiger partial charge in [-0.3, -0.25) is 9.89 Å². The van der Waals surface area contributed by atoms with Crippen LogP contribution in [0.15, 0.2) is 4.99 Å². The Labute approximate surface area is 179 Å². The van der Waals surface area contributed by atoms with E-state index in [1.807, 2.05) is 7.05 Å². The lowest BCUT2D eigenvalue weighted by atomic mass is 9.92. The maximum Gasteiger partial charge on any atom is 0.191 e. The second-order valence-electron chi connectivity index (χ2n) is 7.44. The van der Waals surface area contributed by atoms with Gasteiger partial charge in [-0.05, 0) is 46.1 Å². The molecule has 2 N–H and O–H groups in total. The third kappa shape index (κ3) is 6.05. The van der Waals surface area contributed by atoms with E-state index in [0.29, 0.717) is 6.04 Å². The van der Waals surface area contributed by atoms with Gasteiger partial charge in [-0.15, -0.1) is 35.3 Å². The van der Waals surface area contributed by atoms with E-state index >= 15 is 0 Å². The number of nitrogens with zero attached hydrogens (tertiary/aromatic N) is 3. The van der Waals surface area contributed by atoms with Gasteiger partial charge in [-0.25, -0.2) is 4.98 Å². The van der Waals surface area contributed by atoms with E-state index < -0.39 is 0 Å². The number of hydrogen-bond acceptors (Lipinski definition) is 4. The fourth-order valence-corrected chi connectivity index (χ4v) is 5.07. The minimum atomic E-state index is 0. The van der Waals surface area contributed by atoms with Crippen LogP contribution >= 0.6 is 35.3 Å². The number of aryl methyl sites for hydroxylation is 2. The summed E-state index contributed by atoms with van der Waals surface area (Å²) < 4.78 is 0. The zero-order valence-electron chi connectivity index (χ0n) is 16.4. The first-order chi connectivity index (χ1) is 12.2. The van der Waals surface area contributed by atoms with Gasteiger partial charge in [0.15, 0.2) is 5.96 Å². The highest BCUT2D eigenvalue weighted by Crippen LogP contribution is 2.25. The van der Waals surface area contributed by atoms with Crippen LogP contribution in [-0.4, -0.2) is 48.1 Å². The fourth-order valence-electron chi connectivity index (χ4n) is 4.19. The van der Waals surface area contributed by atoms with Gasteiger partial charge in [-0.2, -0.15) is 0 Å². The number of thiazole rings is 1. The first-order valence-electron chi connectivity index (χ1n) is 9.80. The number of aliphatic imine (C=N–C) groups is 1. The molecule has 7 heteroatoms. The molecule has 5 nitrogen and oxygen atoms in total. The summed E-state index contributed by atoms with van der Waals surface area (Å²) in [6.07, 6.45) is 9.57. The van der Waals surface area contributed by atoms with Crippen LogP contribution in [0.4, 0.5) is 0 Å². The van der Waals surface area contributed by atoms with Crippen molar-refractivity contribution in [3.63, 3.8) is 0 Å². The molecule has 26 heavy (non-hydrogen) atoms. The SMILES string of the molecule is CN=C(NCc1sc(C)nc1C)NC1CCCN(C2CCCCC2)C1.I. The molecule has 0 amide bonds. The first-order valence-corrected chi connectivity index (χ1v) is 10.6. The molecule has 0 bridgehead atoms. The van der Waals surface area contributed by atoms with Crippen LogP contribution in [0.25, 0.3) is 0 Å².